The SMILES string of the molecule is CC(=O)c1ccc(OCc2ccc([S+]=O)cc2)c(C)c1O. The minimum atomic E-state index is -0.187. The molecule has 1 N–H and O–H groups in total. The van der Waals surface area contributed by atoms with Crippen LogP contribution in [0.3, 0.4) is 0 Å². The van der Waals surface area contributed by atoms with Crippen LogP contribution in [0.4, 0.5) is 0 Å². The highest BCUT2D eigenvalue weighted by molar-refractivity contribution is 7.65. The van der Waals surface area contributed by atoms with E-state index in [1.54, 1.807) is 31.2 Å². The molecule has 108 valence electrons. The van der Waals surface area contributed by atoms with Crippen molar-refractivity contribution in [2.45, 2.75) is 25.3 Å². The number of phenolic OH excluding ortho intramolecular Hbond substituents is 1. The molecule has 0 amide bonds. The summed E-state index contributed by atoms with van der Waals surface area (Å²) >= 11 is 0.445. The van der Waals surface area contributed by atoms with Crippen molar-refractivity contribution in [3.63, 3.8) is 0 Å². The minimum absolute atomic E-state index is 0.0434. The number of ether oxygens (including phenoxy) is 1. The van der Waals surface area contributed by atoms with Gasteiger partial charge in [-0.2, -0.15) is 0 Å². The maximum Gasteiger partial charge on any atom is 0.505 e. The number of carbonyl (C=O) groups is 1. The van der Waals surface area contributed by atoms with Gasteiger partial charge in [-0.05, 0) is 43.7 Å². The molecule has 0 aliphatic rings. The first-order valence-corrected chi connectivity index (χ1v) is 7.12. The molecule has 0 unspecified atom stereocenters. The van der Waals surface area contributed by atoms with Crippen molar-refractivity contribution in [3.05, 3.63) is 53.1 Å². The second kappa shape index (κ2) is 6.45. The van der Waals surface area contributed by atoms with E-state index in [9.17, 15) is 14.1 Å². The van der Waals surface area contributed by atoms with Crippen LogP contribution in [0.5, 0.6) is 11.5 Å². The number of aromatic hydroxyl groups is 1. The van der Waals surface area contributed by atoms with Crippen LogP contribution in [0, 0.1) is 6.92 Å². The van der Waals surface area contributed by atoms with E-state index in [2.05, 4.69) is 0 Å². The third kappa shape index (κ3) is 3.44. The highest BCUT2D eigenvalue weighted by Gasteiger charge is 2.13. The molecule has 0 saturated carbocycles. The summed E-state index contributed by atoms with van der Waals surface area (Å²) in [7, 11) is 0. The van der Waals surface area contributed by atoms with Gasteiger partial charge in [0.05, 0.1) is 5.56 Å². The summed E-state index contributed by atoms with van der Waals surface area (Å²) in [6.07, 6.45) is 0. The Hall–Kier alpha value is -2.27. The number of hydrogen-bond acceptors (Lipinski definition) is 4. The quantitative estimate of drug-likeness (QED) is 0.680. The van der Waals surface area contributed by atoms with Gasteiger partial charge in [0.2, 0.25) is 0 Å². The van der Waals surface area contributed by atoms with Crippen LogP contribution < -0.4 is 4.74 Å². The van der Waals surface area contributed by atoms with E-state index in [0.717, 1.165) is 5.56 Å². The Morgan fingerprint density at radius 2 is 1.86 bits per heavy atom. The van der Waals surface area contributed by atoms with Gasteiger partial charge in [-0.3, -0.25) is 4.79 Å². The monoisotopic (exact) mass is 303 g/mol. The standard InChI is InChI=1S/C16H14O4S/c1-10-15(8-7-14(11(2)17)16(10)18)20-9-12-3-5-13(21-19)6-4-12/h3-8H,9H2,1-2H3/p+1. The van der Waals surface area contributed by atoms with Crippen LogP contribution in [-0.4, -0.2) is 10.9 Å². The maximum atomic E-state index is 11.3. The zero-order chi connectivity index (χ0) is 15.4. The third-order valence-corrected chi connectivity index (χ3v) is 3.64. The van der Waals surface area contributed by atoms with Crippen molar-refractivity contribution in [1.29, 1.82) is 0 Å². The molecule has 0 heterocycles. The number of hydrogen-bond donors (Lipinski definition) is 1. The lowest BCUT2D eigenvalue weighted by atomic mass is 10.1. The lowest BCUT2D eigenvalue weighted by molar-refractivity contribution is 0.101. The molecule has 2 aromatic rings. The number of ketones is 1. The fourth-order valence-corrected chi connectivity index (χ4v) is 2.17. The smallest absolute Gasteiger partial charge is 0.505 e. The number of phenols is 1. The van der Waals surface area contributed by atoms with Crippen LogP contribution >= 0.6 is 0 Å². The molecular formula is C16H15O4S+. The predicted molar refractivity (Wildman–Crippen MR) is 79.9 cm³/mol. The average molecular weight is 303 g/mol. The van der Waals surface area contributed by atoms with Gasteiger partial charge in [0.1, 0.15) is 18.1 Å². The van der Waals surface area contributed by atoms with E-state index in [4.69, 9.17) is 4.74 Å². The number of benzene rings is 2. The van der Waals surface area contributed by atoms with Crippen molar-refractivity contribution in [1.82, 2.24) is 0 Å². The van der Waals surface area contributed by atoms with Gasteiger partial charge < -0.3 is 9.84 Å². The molecule has 0 atom stereocenters. The van der Waals surface area contributed by atoms with Gasteiger partial charge in [0.15, 0.2) is 5.78 Å². The average Bonchev–Trinajstić information content (AvgIpc) is 2.49. The van der Waals surface area contributed by atoms with Gasteiger partial charge in [-0.15, -0.1) is 0 Å². The van der Waals surface area contributed by atoms with E-state index in [1.807, 2.05) is 12.1 Å². The molecule has 0 spiro atoms. The molecule has 0 aliphatic heterocycles. The summed E-state index contributed by atoms with van der Waals surface area (Å²) in [5.41, 5.74) is 1.74. The molecule has 0 saturated heterocycles. The van der Waals surface area contributed by atoms with Crippen LogP contribution in [0.1, 0.15) is 28.4 Å². The van der Waals surface area contributed by atoms with Crippen LogP contribution in [0.2, 0.25) is 0 Å². The van der Waals surface area contributed by atoms with E-state index in [0.29, 0.717) is 34.5 Å². The Labute approximate surface area is 126 Å². The fourth-order valence-electron chi connectivity index (χ4n) is 1.92. The second-order valence-corrected chi connectivity index (χ2v) is 5.30. The van der Waals surface area contributed by atoms with Crippen LogP contribution in [0.15, 0.2) is 41.3 Å². The van der Waals surface area contributed by atoms with E-state index < -0.39 is 0 Å². The zero-order valence-electron chi connectivity index (χ0n) is 11.8. The Bertz CT molecular complexity index is 677. The Morgan fingerprint density at radius 1 is 1.19 bits per heavy atom. The Morgan fingerprint density at radius 3 is 2.43 bits per heavy atom. The van der Waals surface area contributed by atoms with Crippen molar-refractivity contribution >= 4 is 17.4 Å². The number of carbonyl (C=O) groups excluding carboxylic acids is 1. The normalized spacial score (nSPS) is 10.2. The predicted octanol–water partition coefficient (Wildman–Crippen LogP) is 3.27. The third-order valence-electron chi connectivity index (χ3n) is 3.17. The van der Waals surface area contributed by atoms with Gasteiger partial charge in [-0.25, -0.2) is 0 Å². The second-order valence-electron chi connectivity index (χ2n) is 4.66. The number of Topliss-reactive ketones (excluding diaryl/α,β-unsaturated/α-hetero) is 1. The Kier molecular flexibility index (Phi) is 4.65. The first kappa shape index (κ1) is 15.1. The fraction of sp³-hybridized carbons (Fsp3) is 0.188. The molecule has 2 rings (SSSR count). The van der Waals surface area contributed by atoms with Crippen molar-refractivity contribution in [3.8, 4) is 11.5 Å². The van der Waals surface area contributed by atoms with Gasteiger partial charge in [0, 0.05) is 21.9 Å². The first-order valence-electron chi connectivity index (χ1n) is 6.38. The molecule has 0 aromatic heterocycles. The highest BCUT2D eigenvalue weighted by atomic mass is 32.1. The van der Waals surface area contributed by atoms with Crippen LogP contribution in [0.25, 0.3) is 0 Å². The summed E-state index contributed by atoms with van der Waals surface area (Å²) in [6, 6.07) is 10.3. The highest BCUT2D eigenvalue weighted by Crippen LogP contribution is 2.31. The molecule has 0 bridgehead atoms. The molecule has 21 heavy (non-hydrogen) atoms. The summed E-state index contributed by atoms with van der Waals surface area (Å²) in [5.74, 6) is 0.297. The first-order chi connectivity index (χ1) is 10.0. The molecule has 0 radical (unpaired) electrons. The van der Waals surface area contributed by atoms with E-state index in [1.165, 1.54) is 6.92 Å². The van der Waals surface area contributed by atoms with E-state index in [-0.39, 0.29) is 17.1 Å². The number of rotatable bonds is 5. The Balaban J connectivity index is 2.14. The molecule has 2 aromatic carbocycles. The molecule has 4 nitrogen and oxygen atoms in total. The summed E-state index contributed by atoms with van der Waals surface area (Å²) in [5, 5.41) is 9.98. The lowest BCUT2D eigenvalue weighted by Crippen LogP contribution is -2.00. The lowest BCUT2D eigenvalue weighted by Gasteiger charge is -2.12. The summed E-state index contributed by atoms with van der Waals surface area (Å²) in [6.45, 7) is 3.43. The molecule has 5 heteroatoms. The van der Waals surface area contributed by atoms with E-state index >= 15 is 0 Å². The largest absolute Gasteiger partial charge is 0.507 e. The topological polar surface area (TPSA) is 63.6 Å². The van der Waals surface area contributed by atoms with Gasteiger partial charge in [-0.1, -0.05) is 0 Å². The van der Waals surface area contributed by atoms with Crippen LogP contribution in [-0.2, 0) is 22.5 Å². The van der Waals surface area contributed by atoms with Gasteiger partial charge in [0.25, 0.3) is 4.90 Å². The minimum Gasteiger partial charge on any atom is -0.507 e. The summed E-state index contributed by atoms with van der Waals surface area (Å²) < 4.78 is 16.3. The molecule has 0 fully saturated rings. The molecule has 0 aliphatic carbocycles. The zero-order valence-corrected chi connectivity index (χ0v) is 12.6. The van der Waals surface area contributed by atoms with Crippen molar-refractivity contribution in [2.75, 3.05) is 0 Å². The summed E-state index contributed by atoms with van der Waals surface area (Å²) in [4.78, 5) is 12.0. The van der Waals surface area contributed by atoms with Gasteiger partial charge >= 0.3 is 11.7 Å². The maximum absolute atomic E-state index is 11.3. The van der Waals surface area contributed by atoms with Crippen molar-refractivity contribution < 1.29 is 18.8 Å². The molecular weight excluding hydrogens is 288 g/mol. The van der Waals surface area contributed by atoms with Crippen molar-refractivity contribution in [2.24, 2.45) is 0 Å².